The van der Waals surface area contributed by atoms with Gasteiger partial charge in [-0.15, -0.1) is 11.3 Å². The van der Waals surface area contributed by atoms with Gasteiger partial charge in [-0.05, 0) is 5.92 Å². The van der Waals surface area contributed by atoms with Crippen LogP contribution in [0.5, 0.6) is 0 Å². The summed E-state index contributed by atoms with van der Waals surface area (Å²) in [6, 6.07) is 0. The summed E-state index contributed by atoms with van der Waals surface area (Å²) in [5, 5.41) is 9.24. The molecule has 1 heterocycles. The maximum absolute atomic E-state index is 7.17. The molecule has 0 unspecified atom stereocenters. The summed E-state index contributed by atoms with van der Waals surface area (Å²) in [7, 11) is 0. The topological polar surface area (TPSA) is 69.0 Å². The molecule has 3 N–H and O–H groups in total. The quantitative estimate of drug-likeness (QED) is 0.383. The highest BCUT2D eigenvalue weighted by atomic mass is 32.1. The molecule has 5 heteroatoms. The molecule has 0 aliphatic rings. The molecular weight excluding hydrogens is 174 g/mol. The summed E-state index contributed by atoms with van der Waals surface area (Å²) in [6.45, 7) is 3.99. The summed E-state index contributed by atoms with van der Waals surface area (Å²) in [6.07, 6.45) is 0. The van der Waals surface area contributed by atoms with Gasteiger partial charge in [0.25, 0.3) is 0 Å². The third-order valence-corrected chi connectivity index (χ3v) is 2.25. The molecule has 0 saturated carbocycles. The van der Waals surface area contributed by atoms with Gasteiger partial charge < -0.3 is 0 Å². The molecule has 1 rings (SSSR count). The Labute approximate surface area is 79.2 Å². The van der Waals surface area contributed by atoms with Gasteiger partial charge in [-0.1, -0.05) is 13.8 Å². The molecule has 0 amide bonds. The average molecular weight is 188 g/mol. The fourth-order valence-electron chi connectivity index (χ4n) is 0.693. The van der Waals surface area contributed by atoms with Crippen molar-refractivity contribution in [1.82, 2.24) is 10.5 Å². The largest absolute Gasteiger partial charge is 0.290 e. The Hall–Kier alpha value is -0.940. The Morgan fingerprint density at radius 1 is 2.08 bits per heavy atom. The summed E-state index contributed by atoms with van der Waals surface area (Å²) in [4.78, 5) is 4.19. The van der Waals surface area contributed by atoms with Crippen molar-refractivity contribution in [3.8, 4) is 0 Å². The minimum atomic E-state index is -0.0955. The van der Waals surface area contributed by atoms with E-state index in [0.717, 1.165) is 5.69 Å². The first-order valence-corrected chi connectivity index (χ1v) is 4.38. The fourth-order valence-corrected chi connectivity index (χ4v) is 1.55. The lowest BCUT2D eigenvalue weighted by atomic mass is 10.2. The zero-order chi connectivity index (χ0) is 11.4. The van der Waals surface area contributed by atoms with Gasteiger partial charge in [-0.25, -0.2) is 4.98 Å². The van der Waals surface area contributed by atoms with E-state index in [4.69, 9.17) is 4.25 Å². The normalized spacial score (nSPS) is 15.6. The van der Waals surface area contributed by atoms with E-state index in [0.29, 0.717) is 10.5 Å². The maximum atomic E-state index is 7.17. The summed E-state index contributed by atoms with van der Waals surface area (Å²) in [5.74, 6) is 0.181. The second kappa shape index (κ2) is 3.64. The van der Waals surface area contributed by atoms with Crippen molar-refractivity contribution in [2.24, 2.45) is 0 Å². The van der Waals surface area contributed by atoms with Crippen LogP contribution < -0.4 is 5.47 Å². The molecule has 0 aliphatic carbocycles. The smallest absolute Gasteiger partial charge is 0.246 e. The number of nitrogens with zero attached hydrogens (tertiary/aromatic N) is 1. The molecule has 12 heavy (non-hydrogen) atoms. The Morgan fingerprint density at radius 3 is 3.42 bits per heavy atom. The van der Waals surface area contributed by atoms with Crippen molar-refractivity contribution in [3.63, 3.8) is 0 Å². The van der Waals surface area contributed by atoms with E-state index in [1.165, 1.54) is 11.3 Å². The van der Waals surface area contributed by atoms with Gasteiger partial charge in [-0.2, -0.15) is 0 Å². The minimum Gasteiger partial charge on any atom is -0.290 e. The Balaban J connectivity index is 2.94. The van der Waals surface area contributed by atoms with Crippen molar-refractivity contribution in [1.29, 1.82) is 5.40 Å². The Kier molecular flexibility index (Phi) is 1.72. The van der Waals surface area contributed by atoms with Crippen LogP contribution in [0, 0.1) is 5.40 Å². The van der Waals surface area contributed by atoms with E-state index in [1.807, 2.05) is 19.2 Å². The highest BCUT2D eigenvalue weighted by Gasteiger charge is 2.08. The molecule has 1 aromatic rings. The lowest BCUT2D eigenvalue weighted by molar-refractivity contribution is 0.234. The molecule has 0 radical (unpaired) electrons. The molecule has 0 saturated heterocycles. The van der Waals surface area contributed by atoms with E-state index in [-0.39, 0.29) is 11.8 Å². The lowest BCUT2D eigenvalue weighted by Gasteiger charge is -1.97. The fraction of sp³-hybridized carbons (Fsp3) is 0.429. The third-order valence-electron chi connectivity index (χ3n) is 1.39. The number of rotatable bonds is 3. The average Bonchev–Trinajstić information content (AvgIpc) is 2.68. The van der Waals surface area contributed by atoms with Gasteiger partial charge in [0.1, 0.15) is 0 Å². The zero-order valence-corrected chi connectivity index (χ0v) is 7.63. The summed E-state index contributed by atoms with van der Waals surface area (Å²) >= 11 is 1.27. The molecule has 66 valence electrons. The van der Waals surface area contributed by atoms with E-state index in [2.05, 4.69) is 15.6 Å². The Bertz CT molecular complexity index is 355. The zero-order valence-electron chi connectivity index (χ0n) is 9.81. The van der Waals surface area contributed by atoms with Crippen molar-refractivity contribution in [2.45, 2.75) is 19.8 Å². The second-order valence-electron chi connectivity index (χ2n) is 2.65. The first-order valence-electron chi connectivity index (χ1n) is 4.80. The van der Waals surface area contributed by atoms with Gasteiger partial charge >= 0.3 is 0 Å². The van der Waals surface area contributed by atoms with Crippen molar-refractivity contribution in [2.75, 3.05) is 0 Å². The van der Waals surface area contributed by atoms with E-state index in [9.17, 15) is 0 Å². The number of nitrogens with one attached hydrogen (secondary N) is 2. The van der Waals surface area contributed by atoms with Crippen molar-refractivity contribution >= 4 is 17.2 Å². The monoisotopic (exact) mass is 188 g/mol. The molecule has 0 aliphatic heterocycles. The van der Waals surface area contributed by atoms with Crippen LogP contribution in [-0.2, 0) is 0 Å². The molecule has 4 nitrogen and oxygen atoms in total. The predicted octanol–water partition coefficient (Wildman–Crippen LogP) is 1.57. The van der Waals surface area contributed by atoms with Gasteiger partial charge in [0.15, 0.2) is 13.7 Å². The van der Waals surface area contributed by atoms with Gasteiger partial charge in [0, 0.05) is 5.38 Å². The predicted molar refractivity (Wildman–Crippen MR) is 48.0 cm³/mol. The van der Waals surface area contributed by atoms with Crippen LogP contribution in [0.4, 0.5) is 0 Å². The third kappa shape index (κ3) is 1.80. The van der Waals surface area contributed by atoms with E-state index < -0.39 is 0 Å². The molecule has 0 bridgehead atoms. The number of amidine groups is 1. The van der Waals surface area contributed by atoms with Gasteiger partial charge in [0.05, 0.1) is 5.69 Å². The molecule has 0 spiro atoms. The van der Waals surface area contributed by atoms with Crippen LogP contribution >= 0.6 is 11.3 Å². The van der Waals surface area contributed by atoms with Gasteiger partial charge in [0.2, 0.25) is 1.43 Å². The van der Waals surface area contributed by atoms with Crippen LogP contribution in [0.15, 0.2) is 5.38 Å². The van der Waals surface area contributed by atoms with Crippen molar-refractivity contribution < 1.29 is 9.46 Å². The summed E-state index contributed by atoms with van der Waals surface area (Å²) < 4.78 is 20.6. The standard InChI is InChI=1S/C7H11N3OS/c1-4(2)5-3-12-7(9-5)6(8)10-11/h3-4,11H,1-2H3,(H2,8,10)/i/hD3. The van der Waals surface area contributed by atoms with Crippen LogP contribution in [0.1, 0.15) is 30.5 Å². The highest BCUT2D eigenvalue weighted by molar-refractivity contribution is 7.11. The number of thiazole rings is 1. The van der Waals surface area contributed by atoms with Crippen LogP contribution in [-0.4, -0.2) is 16.0 Å². The van der Waals surface area contributed by atoms with Crippen molar-refractivity contribution in [3.05, 3.63) is 16.1 Å². The SMILES string of the molecule is [2H]N=C(c1nc(C(C)C)cs1)N([2H])O[2H]. The van der Waals surface area contributed by atoms with Crippen LogP contribution in [0.3, 0.4) is 0 Å². The molecule has 0 atom stereocenters. The number of hydrogen-bond acceptors (Lipinski definition) is 4. The second-order valence-corrected chi connectivity index (χ2v) is 3.51. The van der Waals surface area contributed by atoms with Crippen LogP contribution in [0.25, 0.3) is 0 Å². The van der Waals surface area contributed by atoms with E-state index in [1.54, 1.807) is 0 Å². The Morgan fingerprint density at radius 2 is 2.92 bits per heavy atom. The van der Waals surface area contributed by atoms with Crippen LogP contribution in [0.2, 0.25) is 4.25 Å². The lowest BCUT2D eigenvalue weighted by Crippen LogP contribution is -2.18. The number of aromatic nitrogens is 1. The van der Waals surface area contributed by atoms with E-state index >= 15 is 0 Å². The summed E-state index contributed by atoms with van der Waals surface area (Å²) in [5.41, 5.74) is 1.21. The minimum absolute atomic E-state index is 0.0955. The molecular formula is C7H11N3OS. The molecule has 0 fully saturated rings. The number of hydrogen-bond donors (Lipinski definition) is 3. The molecule has 0 aromatic carbocycles. The van der Waals surface area contributed by atoms with Gasteiger partial charge in [-0.3, -0.25) is 16.1 Å². The number of hydroxylamine groups is 1. The highest BCUT2D eigenvalue weighted by Crippen LogP contribution is 2.17. The molecule has 1 aromatic heterocycles. The first-order chi connectivity index (χ1) is 7.10. The first kappa shape index (κ1) is 5.66. The maximum Gasteiger partial charge on any atom is 0.246 e.